The smallest absolute Gasteiger partial charge is 0.190 e. The summed E-state index contributed by atoms with van der Waals surface area (Å²) in [7, 11) is 1.76. The van der Waals surface area contributed by atoms with Crippen molar-refractivity contribution < 1.29 is 18.6 Å². The summed E-state index contributed by atoms with van der Waals surface area (Å²) in [6.07, 6.45) is 2.89. The first kappa shape index (κ1) is 22.6. The lowest BCUT2D eigenvalue weighted by Gasteiger charge is -2.32. The van der Waals surface area contributed by atoms with Crippen molar-refractivity contribution in [2.24, 2.45) is 10.9 Å². The van der Waals surface area contributed by atoms with Crippen LogP contribution in [0.25, 0.3) is 0 Å². The summed E-state index contributed by atoms with van der Waals surface area (Å²) in [6, 6.07) is 11.6. The predicted molar refractivity (Wildman–Crippen MR) is 122 cm³/mol. The number of halogens is 1. The average Bonchev–Trinajstić information content (AvgIpc) is 2.82. The van der Waals surface area contributed by atoms with Gasteiger partial charge in [-0.15, -0.1) is 0 Å². The van der Waals surface area contributed by atoms with Crippen LogP contribution in [0.2, 0.25) is 0 Å². The second-order valence-corrected chi connectivity index (χ2v) is 8.40. The molecule has 7 heteroatoms. The molecular formula is C25H32FN3O3. The highest BCUT2D eigenvalue weighted by Gasteiger charge is 2.27. The Bertz CT molecular complexity index is 933. The van der Waals surface area contributed by atoms with Crippen molar-refractivity contribution in [3.05, 3.63) is 64.5 Å². The Balaban J connectivity index is 1.31. The number of benzene rings is 2. The number of fused-ring (bicyclic) bond motifs is 1. The number of hydrogen-bond acceptors (Lipinski definition) is 4. The van der Waals surface area contributed by atoms with Gasteiger partial charge in [0.05, 0.1) is 12.7 Å². The minimum Gasteiger partial charge on any atom is -0.467 e. The lowest BCUT2D eigenvalue weighted by Crippen LogP contribution is -2.42. The number of nitrogens with one attached hydrogen (secondary N) is 2. The number of aryl methyl sites for hydroxylation is 1. The molecule has 2 N–H and O–H groups in total. The summed E-state index contributed by atoms with van der Waals surface area (Å²) in [4.78, 5) is 4.35. The van der Waals surface area contributed by atoms with E-state index < -0.39 is 0 Å². The van der Waals surface area contributed by atoms with Crippen molar-refractivity contribution >= 4 is 5.96 Å². The van der Waals surface area contributed by atoms with Gasteiger partial charge in [0.2, 0.25) is 0 Å². The molecule has 2 heterocycles. The van der Waals surface area contributed by atoms with E-state index in [9.17, 15) is 4.39 Å². The highest BCUT2D eigenvalue weighted by molar-refractivity contribution is 5.79. The maximum Gasteiger partial charge on any atom is 0.190 e. The number of hydrogen-bond donors (Lipinski definition) is 2. The van der Waals surface area contributed by atoms with Gasteiger partial charge in [-0.05, 0) is 49.4 Å². The molecule has 2 atom stereocenters. The van der Waals surface area contributed by atoms with Gasteiger partial charge in [-0.3, -0.25) is 4.99 Å². The van der Waals surface area contributed by atoms with Crippen LogP contribution < -0.4 is 15.4 Å². The van der Waals surface area contributed by atoms with Crippen molar-refractivity contribution in [2.75, 3.05) is 33.5 Å². The van der Waals surface area contributed by atoms with Crippen molar-refractivity contribution in [1.82, 2.24) is 10.6 Å². The molecule has 6 nitrogen and oxygen atoms in total. The van der Waals surface area contributed by atoms with Gasteiger partial charge in [0.1, 0.15) is 11.6 Å². The minimum atomic E-state index is -0.269. The van der Waals surface area contributed by atoms with Crippen LogP contribution in [0.1, 0.15) is 41.2 Å². The molecule has 0 aliphatic carbocycles. The van der Waals surface area contributed by atoms with E-state index >= 15 is 0 Å². The summed E-state index contributed by atoms with van der Waals surface area (Å²) in [6.45, 7) is 4.86. The van der Waals surface area contributed by atoms with Crippen LogP contribution in [-0.2, 0) is 22.5 Å². The molecule has 0 radical (unpaired) electrons. The van der Waals surface area contributed by atoms with E-state index in [0.29, 0.717) is 25.5 Å². The monoisotopic (exact) mass is 441 g/mol. The van der Waals surface area contributed by atoms with Crippen LogP contribution >= 0.6 is 0 Å². The topological polar surface area (TPSA) is 64.1 Å². The standard InChI is InChI=1S/C25H32FN3O3/c1-17-5-7-18(8-6-17)23-20(4-3-11-31-23)14-29-25(27-2)28-10-9-19-12-22(26)13-21-15-30-16-32-24(19)21/h5-8,12-13,20,23H,3-4,9-11,14-16H2,1-2H3,(H2,27,28,29). The molecule has 32 heavy (non-hydrogen) atoms. The largest absolute Gasteiger partial charge is 0.467 e. The van der Waals surface area contributed by atoms with Gasteiger partial charge in [-0.25, -0.2) is 4.39 Å². The summed E-state index contributed by atoms with van der Waals surface area (Å²) in [5, 5.41) is 6.78. The maximum atomic E-state index is 14.0. The van der Waals surface area contributed by atoms with Crippen LogP contribution in [-0.4, -0.2) is 39.5 Å². The SMILES string of the molecule is CN=C(NCCc1cc(F)cc2c1OCOC2)NCC1CCCOC1c1ccc(C)cc1. The van der Waals surface area contributed by atoms with E-state index in [1.165, 1.54) is 23.3 Å². The third-order valence-electron chi connectivity index (χ3n) is 6.04. The number of nitrogens with zero attached hydrogens (tertiary/aromatic N) is 1. The van der Waals surface area contributed by atoms with E-state index in [-0.39, 0.29) is 18.7 Å². The van der Waals surface area contributed by atoms with E-state index in [0.717, 1.165) is 48.8 Å². The normalized spacial score (nSPS) is 20.9. The fourth-order valence-electron chi connectivity index (χ4n) is 4.38. The molecule has 4 rings (SSSR count). The van der Waals surface area contributed by atoms with Gasteiger partial charge in [0.25, 0.3) is 0 Å². The zero-order valence-electron chi connectivity index (χ0n) is 18.8. The highest BCUT2D eigenvalue weighted by Crippen LogP contribution is 2.33. The molecular weight excluding hydrogens is 409 g/mol. The summed E-state index contributed by atoms with van der Waals surface area (Å²) < 4.78 is 30.9. The second-order valence-electron chi connectivity index (χ2n) is 8.40. The van der Waals surface area contributed by atoms with E-state index in [2.05, 4.69) is 46.8 Å². The molecule has 172 valence electrons. The van der Waals surface area contributed by atoms with Gasteiger partial charge in [0.15, 0.2) is 12.8 Å². The molecule has 2 aromatic carbocycles. The van der Waals surface area contributed by atoms with E-state index in [1.807, 2.05) is 0 Å². The lowest BCUT2D eigenvalue weighted by molar-refractivity contribution is -0.0265. The van der Waals surface area contributed by atoms with Crippen LogP contribution in [0.15, 0.2) is 41.4 Å². The molecule has 2 unspecified atom stereocenters. The first-order chi connectivity index (χ1) is 15.6. The summed E-state index contributed by atoms with van der Waals surface area (Å²) in [5.41, 5.74) is 4.07. The molecule has 2 aromatic rings. The fraction of sp³-hybridized carbons (Fsp3) is 0.480. The van der Waals surface area contributed by atoms with E-state index in [4.69, 9.17) is 14.2 Å². The van der Waals surface area contributed by atoms with Gasteiger partial charge in [0, 0.05) is 38.2 Å². The lowest BCUT2D eigenvalue weighted by atomic mass is 9.89. The number of aliphatic imine (C=N–C) groups is 1. The summed E-state index contributed by atoms with van der Waals surface area (Å²) >= 11 is 0. The van der Waals surface area contributed by atoms with Crippen molar-refractivity contribution in [1.29, 1.82) is 0 Å². The van der Waals surface area contributed by atoms with Crippen molar-refractivity contribution in [3.8, 4) is 5.75 Å². The zero-order valence-corrected chi connectivity index (χ0v) is 18.8. The minimum absolute atomic E-state index is 0.0909. The molecule has 0 amide bonds. The maximum absolute atomic E-state index is 14.0. The Hall–Kier alpha value is -2.64. The molecule has 2 aliphatic rings. The molecule has 2 aliphatic heterocycles. The van der Waals surface area contributed by atoms with Crippen LogP contribution in [0.5, 0.6) is 5.75 Å². The first-order valence-electron chi connectivity index (χ1n) is 11.3. The molecule has 0 spiro atoms. The molecule has 0 aromatic heterocycles. The Morgan fingerprint density at radius 1 is 1.19 bits per heavy atom. The van der Waals surface area contributed by atoms with Gasteiger partial charge >= 0.3 is 0 Å². The van der Waals surface area contributed by atoms with Crippen LogP contribution in [0.3, 0.4) is 0 Å². The van der Waals surface area contributed by atoms with Crippen molar-refractivity contribution in [2.45, 2.75) is 38.9 Å². The highest BCUT2D eigenvalue weighted by atomic mass is 19.1. The molecule has 0 bridgehead atoms. The Morgan fingerprint density at radius 2 is 2.03 bits per heavy atom. The Kier molecular flexibility index (Phi) is 7.60. The first-order valence-corrected chi connectivity index (χ1v) is 11.3. The molecule has 1 fully saturated rings. The second kappa shape index (κ2) is 10.8. The van der Waals surface area contributed by atoms with Gasteiger partial charge < -0.3 is 24.8 Å². The third kappa shape index (κ3) is 5.58. The third-order valence-corrected chi connectivity index (χ3v) is 6.04. The molecule has 0 saturated carbocycles. The van der Waals surface area contributed by atoms with Crippen molar-refractivity contribution in [3.63, 3.8) is 0 Å². The quantitative estimate of drug-likeness (QED) is 0.526. The number of ether oxygens (including phenoxy) is 3. The van der Waals surface area contributed by atoms with E-state index in [1.54, 1.807) is 7.05 Å². The zero-order chi connectivity index (χ0) is 22.3. The summed E-state index contributed by atoms with van der Waals surface area (Å²) in [5.74, 6) is 1.57. The predicted octanol–water partition coefficient (Wildman–Crippen LogP) is 3.88. The van der Waals surface area contributed by atoms with Crippen LogP contribution in [0.4, 0.5) is 4.39 Å². The number of rotatable bonds is 6. The average molecular weight is 442 g/mol. The van der Waals surface area contributed by atoms with Crippen LogP contribution in [0, 0.1) is 18.7 Å². The fourth-order valence-corrected chi connectivity index (χ4v) is 4.38. The van der Waals surface area contributed by atoms with Gasteiger partial charge in [-0.2, -0.15) is 0 Å². The molecule has 1 saturated heterocycles. The number of guanidine groups is 1. The van der Waals surface area contributed by atoms with Gasteiger partial charge in [-0.1, -0.05) is 29.8 Å². The Morgan fingerprint density at radius 3 is 2.84 bits per heavy atom. The Labute approximate surface area is 189 Å².